The number of halogens is 2. The average molecular weight is 263 g/mol. The standard InChI is InChI=1S/C8H5BrClNS/c9-8-2-4-1-6(11)5(10)3-7(4)12-8/h1-3H,11H2. The molecule has 2 rings (SSSR count). The summed E-state index contributed by atoms with van der Waals surface area (Å²) in [4.78, 5) is 0. The van der Waals surface area contributed by atoms with E-state index in [0.29, 0.717) is 10.7 Å². The van der Waals surface area contributed by atoms with Crippen LogP contribution in [-0.2, 0) is 0 Å². The summed E-state index contributed by atoms with van der Waals surface area (Å²) in [5.41, 5.74) is 6.29. The molecule has 0 aliphatic rings. The number of anilines is 1. The molecular formula is C8H5BrClNS. The largest absolute Gasteiger partial charge is 0.398 e. The van der Waals surface area contributed by atoms with Crippen molar-refractivity contribution >= 4 is 54.6 Å². The minimum Gasteiger partial charge on any atom is -0.398 e. The summed E-state index contributed by atoms with van der Waals surface area (Å²) >= 11 is 10.9. The molecule has 1 aromatic heterocycles. The van der Waals surface area contributed by atoms with Crippen molar-refractivity contribution in [1.82, 2.24) is 0 Å². The Hall–Kier alpha value is -0.250. The van der Waals surface area contributed by atoms with Gasteiger partial charge in [0.05, 0.1) is 14.5 Å². The maximum Gasteiger partial charge on any atom is 0.0711 e. The van der Waals surface area contributed by atoms with Gasteiger partial charge in [-0.05, 0) is 39.5 Å². The van der Waals surface area contributed by atoms with Crippen LogP contribution in [0.5, 0.6) is 0 Å². The van der Waals surface area contributed by atoms with Crippen molar-refractivity contribution < 1.29 is 0 Å². The number of nitrogen functional groups attached to an aromatic ring is 1. The van der Waals surface area contributed by atoms with Crippen molar-refractivity contribution in [3.8, 4) is 0 Å². The monoisotopic (exact) mass is 261 g/mol. The van der Waals surface area contributed by atoms with Crippen LogP contribution in [0.1, 0.15) is 0 Å². The number of benzene rings is 1. The maximum absolute atomic E-state index is 5.86. The lowest BCUT2D eigenvalue weighted by Gasteiger charge is -1.95. The van der Waals surface area contributed by atoms with Gasteiger partial charge in [0.1, 0.15) is 0 Å². The molecule has 4 heteroatoms. The number of rotatable bonds is 0. The SMILES string of the molecule is Nc1cc2cc(Br)sc2cc1Cl. The number of hydrogen-bond acceptors (Lipinski definition) is 2. The van der Waals surface area contributed by atoms with Crippen LogP contribution in [-0.4, -0.2) is 0 Å². The molecule has 0 fully saturated rings. The minimum absolute atomic E-state index is 0.622. The van der Waals surface area contributed by atoms with Crippen LogP contribution in [0.3, 0.4) is 0 Å². The maximum atomic E-state index is 5.86. The first-order valence-corrected chi connectivity index (χ1v) is 5.29. The summed E-state index contributed by atoms with van der Waals surface area (Å²) in [6, 6.07) is 5.81. The Morgan fingerprint density at radius 1 is 1.33 bits per heavy atom. The van der Waals surface area contributed by atoms with Crippen molar-refractivity contribution in [3.63, 3.8) is 0 Å². The van der Waals surface area contributed by atoms with Crippen LogP contribution >= 0.6 is 38.9 Å². The summed E-state index contributed by atoms with van der Waals surface area (Å²) in [5.74, 6) is 0. The van der Waals surface area contributed by atoms with Gasteiger partial charge in [-0.15, -0.1) is 11.3 Å². The number of hydrogen-bond donors (Lipinski definition) is 1. The molecule has 0 unspecified atom stereocenters. The molecule has 1 nitrogen and oxygen atoms in total. The predicted molar refractivity (Wildman–Crippen MR) is 58.9 cm³/mol. The normalized spacial score (nSPS) is 10.8. The zero-order valence-corrected chi connectivity index (χ0v) is 9.13. The second-order valence-corrected chi connectivity index (χ2v) is 5.33. The van der Waals surface area contributed by atoms with Gasteiger partial charge in [0.25, 0.3) is 0 Å². The number of nitrogens with two attached hydrogens (primary N) is 1. The molecule has 2 aromatic rings. The summed E-state index contributed by atoms with van der Waals surface area (Å²) < 4.78 is 2.25. The molecule has 0 amide bonds. The van der Waals surface area contributed by atoms with Crippen molar-refractivity contribution in [2.24, 2.45) is 0 Å². The average Bonchev–Trinajstić information content (AvgIpc) is 2.30. The topological polar surface area (TPSA) is 26.0 Å². The zero-order valence-electron chi connectivity index (χ0n) is 5.97. The van der Waals surface area contributed by atoms with Crippen molar-refractivity contribution in [3.05, 3.63) is 27.0 Å². The summed E-state index contributed by atoms with van der Waals surface area (Å²) in [6.45, 7) is 0. The lowest BCUT2D eigenvalue weighted by molar-refractivity contribution is 1.78. The van der Waals surface area contributed by atoms with E-state index in [2.05, 4.69) is 15.9 Å². The molecule has 62 valence electrons. The third kappa shape index (κ3) is 1.32. The fourth-order valence-corrected chi connectivity index (χ4v) is 2.85. The van der Waals surface area contributed by atoms with Gasteiger partial charge in [0, 0.05) is 4.70 Å². The van der Waals surface area contributed by atoms with Crippen LogP contribution < -0.4 is 5.73 Å². The molecule has 0 spiro atoms. The van der Waals surface area contributed by atoms with Crippen LogP contribution in [0.25, 0.3) is 10.1 Å². The Labute approximate surface area is 87.3 Å². The van der Waals surface area contributed by atoms with Gasteiger partial charge in [-0.1, -0.05) is 11.6 Å². The van der Waals surface area contributed by atoms with Gasteiger partial charge < -0.3 is 5.73 Å². The highest BCUT2D eigenvalue weighted by Gasteiger charge is 2.02. The van der Waals surface area contributed by atoms with E-state index in [-0.39, 0.29) is 0 Å². The van der Waals surface area contributed by atoms with Gasteiger partial charge in [0.2, 0.25) is 0 Å². The smallest absolute Gasteiger partial charge is 0.0711 e. The highest BCUT2D eigenvalue weighted by atomic mass is 79.9. The summed E-state index contributed by atoms with van der Waals surface area (Å²) in [5, 5.41) is 1.76. The lowest BCUT2D eigenvalue weighted by atomic mass is 10.2. The van der Waals surface area contributed by atoms with Gasteiger partial charge in [-0.3, -0.25) is 0 Å². The Bertz CT molecular complexity index is 399. The quantitative estimate of drug-likeness (QED) is 0.716. The van der Waals surface area contributed by atoms with Crippen molar-refractivity contribution in [1.29, 1.82) is 0 Å². The van der Waals surface area contributed by atoms with Crippen LogP contribution in [0.4, 0.5) is 5.69 Å². The number of fused-ring (bicyclic) bond motifs is 1. The first kappa shape index (κ1) is 8.35. The molecule has 0 atom stereocenters. The molecule has 0 aliphatic heterocycles. The Morgan fingerprint density at radius 2 is 2.08 bits per heavy atom. The molecule has 2 N–H and O–H groups in total. The highest BCUT2D eigenvalue weighted by Crippen LogP contribution is 2.34. The first-order valence-electron chi connectivity index (χ1n) is 3.31. The molecular weight excluding hydrogens is 258 g/mol. The molecule has 0 saturated heterocycles. The lowest BCUT2D eigenvalue weighted by Crippen LogP contribution is -1.83. The predicted octanol–water partition coefficient (Wildman–Crippen LogP) is 3.90. The van der Waals surface area contributed by atoms with Crippen molar-refractivity contribution in [2.75, 3.05) is 5.73 Å². The van der Waals surface area contributed by atoms with Gasteiger partial charge in [-0.2, -0.15) is 0 Å². The molecule has 0 radical (unpaired) electrons. The van der Waals surface area contributed by atoms with Gasteiger partial charge in [0.15, 0.2) is 0 Å². The molecule has 0 aliphatic carbocycles. The van der Waals surface area contributed by atoms with E-state index < -0.39 is 0 Å². The second-order valence-electron chi connectivity index (χ2n) is 2.46. The van der Waals surface area contributed by atoms with E-state index in [1.165, 1.54) is 0 Å². The third-order valence-corrected chi connectivity index (χ3v) is 3.53. The van der Waals surface area contributed by atoms with Crippen molar-refractivity contribution in [2.45, 2.75) is 0 Å². The summed E-state index contributed by atoms with van der Waals surface area (Å²) in [7, 11) is 0. The van der Waals surface area contributed by atoms with E-state index in [4.69, 9.17) is 17.3 Å². The third-order valence-electron chi connectivity index (χ3n) is 1.61. The molecule has 1 aromatic carbocycles. The minimum atomic E-state index is 0.622. The summed E-state index contributed by atoms with van der Waals surface area (Å²) in [6.07, 6.45) is 0. The van der Waals surface area contributed by atoms with Gasteiger partial charge in [-0.25, -0.2) is 0 Å². The van der Waals surface area contributed by atoms with E-state index in [0.717, 1.165) is 13.9 Å². The molecule has 12 heavy (non-hydrogen) atoms. The Morgan fingerprint density at radius 3 is 2.83 bits per heavy atom. The van der Waals surface area contributed by atoms with Gasteiger partial charge >= 0.3 is 0 Å². The second kappa shape index (κ2) is 2.91. The van der Waals surface area contributed by atoms with E-state index >= 15 is 0 Å². The van der Waals surface area contributed by atoms with Crippen LogP contribution in [0, 0.1) is 0 Å². The number of thiophene rings is 1. The van der Waals surface area contributed by atoms with E-state index in [1.807, 2.05) is 18.2 Å². The molecule has 0 saturated carbocycles. The Balaban J connectivity index is 2.83. The fourth-order valence-electron chi connectivity index (χ4n) is 1.05. The molecule has 1 heterocycles. The highest BCUT2D eigenvalue weighted by molar-refractivity contribution is 9.11. The fraction of sp³-hybridized carbons (Fsp3) is 0. The Kier molecular flexibility index (Phi) is 2.02. The zero-order chi connectivity index (χ0) is 8.72. The van der Waals surface area contributed by atoms with E-state index in [1.54, 1.807) is 11.3 Å². The molecule has 0 bridgehead atoms. The van der Waals surface area contributed by atoms with Crippen LogP contribution in [0.15, 0.2) is 22.0 Å². The van der Waals surface area contributed by atoms with E-state index in [9.17, 15) is 0 Å². The van der Waals surface area contributed by atoms with Crippen LogP contribution in [0.2, 0.25) is 5.02 Å². The first-order chi connectivity index (χ1) is 5.66.